The highest BCUT2D eigenvalue weighted by Crippen LogP contribution is 2.15. The summed E-state index contributed by atoms with van der Waals surface area (Å²) in [5, 5.41) is 3.25. The fourth-order valence-corrected chi connectivity index (χ4v) is 2.03. The van der Waals surface area contributed by atoms with E-state index in [0.29, 0.717) is 24.8 Å². The van der Waals surface area contributed by atoms with Crippen LogP contribution in [0.5, 0.6) is 5.88 Å². The third-order valence-electron chi connectivity index (χ3n) is 2.95. The van der Waals surface area contributed by atoms with Crippen molar-refractivity contribution < 1.29 is 9.53 Å². The molecule has 1 aliphatic rings. The Kier molecular flexibility index (Phi) is 4.19. The topological polar surface area (TPSA) is 67.3 Å². The highest BCUT2D eigenvalue weighted by Gasteiger charge is 2.23. The Morgan fingerprint density at radius 3 is 3.00 bits per heavy atom. The summed E-state index contributed by atoms with van der Waals surface area (Å²) in [6.07, 6.45) is 3.13. The van der Waals surface area contributed by atoms with Gasteiger partial charge >= 0.3 is 0 Å². The van der Waals surface area contributed by atoms with Gasteiger partial charge in [0.1, 0.15) is 0 Å². The van der Waals surface area contributed by atoms with Crippen LogP contribution in [0.4, 0.5) is 5.95 Å². The Labute approximate surface area is 113 Å². The molecule has 1 amide bonds. The first-order valence-electron chi connectivity index (χ1n) is 6.55. The van der Waals surface area contributed by atoms with Crippen molar-refractivity contribution in [1.82, 2.24) is 14.9 Å². The molecule has 1 atom stereocenters. The molecule has 6 nitrogen and oxygen atoms in total. The van der Waals surface area contributed by atoms with Crippen molar-refractivity contribution in [1.29, 1.82) is 0 Å². The zero-order chi connectivity index (χ0) is 13.8. The number of nitrogens with one attached hydrogen (secondary N) is 1. The van der Waals surface area contributed by atoms with E-state index >= 15 is 0 Å². The Morgan fingerprint density at radius 1 is 1.53 bits per heavy atom. The summed E-state index contributed by atoms with van der Waals surface area (Å²) in [6, 6.07) is 1.93. The number of ether oxygens (including phenoxy) is 1. The Balaban J connectivity index is 1.97. The molecule has 1 saturated heterocycles. The number of hydrogen-bond acceptors (Lipinski definition) is 5. The average Bonchev–Trinajstić information content (AvgIpc) is 2.33. The second-order valence-electron chi connectivity index (χ2n) is 5.04. The molecule has 0 aromatic carbocycles. The molecule has 1 aromatic heterocycles. The van der Waals surface area contributed by atoms with Crippen LogP contribution in [-0.2, 0) is 4.79 Å². The number of nitrogens with zero attached hydrogens (tertiary/aromatic N) is 3. The van der Waals surface area contributed by atoms with Gasteiger partial charge in [0, 0.05) is 38.3 Å². The first-order chi connectivity index (χ1) is 9.04. The summed E-state index contributed by atoms with van der Waals surface area (Å²) in [6.45, 7) is 4.59. The molecule has 1 aromatic rings. The molecular weight excluding hydrogens is 244 g/mol. The van der Waals surface area contributed by atoms with E-state index in [1.807, 2.05) is 20.9 Å². The normalized spacial score (nSPS) is 19.7. The van der Waals surface area contributed by atoms with Crippen molar-refractivity contribution in [2.75, 3.05) is 18.9 Å². The lowest BCUT2D eigenvalue weighted by Gasteiger charge is -2.30. The van der Waals surface area contributed by atoms with Crippen LogP contribution in [0.15, 0.2) is 12.3 Å². The van der Waals surface area contributed by atoms with Crippen LogP contribution >= 0.6 is 0 Å². The minimum atomic E-state index is 0.0844. The second-order valence-corrected chi connectivity index (χ2v) is 5.04. The number of rotatable bonds is 4. The Morgan fingerprint density at radius 2 is 2.32 bits per heavy atom. The molecule has 0 saturated carbocycles. The number of hydrogen-bond donors (Lipinski definition) is 1. The fourth-order valence-electron chi connectivity index (χ4n) is 2.03. The van der Waals surface area contributed by atoms with Gasteiger partial charge < -0.3 is 15.0 Å². The van der Waals surface area contributed by atoms with Crippen LogP contribution in [0.25, 0.3) is 0 Å². The lowest BCUT2D eigenvalue weighted by atomic mass is 10.1. The van der Waals surface area contributed by atoms with E-state index in [1.54, 1.807) is 17.2 Å². The number of piperidine rings is 1. The highest BCUT2D eigenvalue weighted by atomic mass is 16.5. The molecule has 104 valence electrons. The van der Waals surface area contributed by atoms with Crippen LogP contribution in [0.1, 0.15) is 26.7 Å². The maximum Gasteiger partial charge on any atom is 0.226 e. The van der Waals surface area contributed by atoms with Crippen molar-refractivity contribution in [3.05, 3.63) is 12.3 Å². The van der Waals surface area contributed by atoms with E-state index in [1.165, 1.54) is 0 Å². The second kappa shape index (κ2) is 5.86. The predicted octanol–water partition coefficient (Wildman–Crippen LogP) is 1.30. The maximum atomic E-state index is 11.4. The average molecular weight is 264 g/mol. The minimum Gasteiger partial charge on any atom is -0.475 e. The summed E-state index contributed by atoms with van der Waals surface area (Å²) in [5.74, 6) is 1.30. The largest absolute Gasteiger partial charge is 0.475 e. The van der Waals surface area contributed by atoms with Crippen molar-refractivity contribution in [3.8, 4) is 5.88 Å². The van der Waals surface area contributed by atoms with Gasteiger partial charge in [-0.25, -0.2) is 4.98 Å². The molecule has 6 heteroatoms. The molecule has 2 rings (SSSR count). The van der Waals surface area contributed by atoms with Gasteiger partial charge in [-0.1, -0.05) is 0 Å². The molecule has 0 aliphatic carbocycles. The number of aromatic nitrogens is 2. The molecule has 1 fully saturated rings. The summed E-state index contributed by atoms with van der Waals surface area (Å²) >= 11 is 0. The zero-order valence-electron chi connectivity index (χ0n) is 11.6. The maximum absolute atomic E-state index is 11.4. The van der Waals surface area contributed by atoms with Crippen LogP contribution in [-0.4, -0.2) is 46.5 Å². The number of anilines is 1. The van der Waals surface area contributed by atoms with Crippen LogP contribution in [0, 0.1) is 0 Å². The molecule has 2 heterocycles. The smallest absolute Gasteiger partial charge is 0.226 e. The van der Waals surface area contributed by atoms with E-state index in [4.69, 9.17) is 4.74 Å². The molecule has 1 N–H and O–H groups in total. The third kappa shape index (κ3) is 3.81. The van der Waals surface area contributed by atoms with Gasteiger partial charge in [-0.2, -0.15) is 4.98 Å². The molecule has 0 bridgehead atoms. The predicted molar refractivity (Wildman–Crippen MR) is 72.1 cm³/mol. The van der Waals surface area contributed by atoms with E-state index in [0.717, 1.165) is 6.42 Å². The Hall–Kier alpha value is -1.85. The molecule has 19 heavy (non-hydrogen) atoms. The minimum absolute atomic E-state index is 0.0844. The first kappa shape index (κ1) is 13.6. The van der Waals surface area contributed by atoms with E-state index < -0.39 is 0 Å². The van der Waals surface area contributed by atoms with Gasteiger partial charge in [0.15, 0.2) is 0 Å². The first-order valence-corrected chi connectivity index (χ1v) is 6.55. The lowest BCUT2D eigenvalue weighted by molar-refractivity contribution is -0.132. The molecule has 0 radical (unpaired) electrons. The standard InChI is InChI=1S/C13H20N4O2/c1-9(2)19-11-6-7-14-13(16-11)15-10-4-5-12(18)17(3)8-10/h6-7,9-10H,4-5,8H2,1-3H3,(H,14,15,16). The van der Waals surface area contributed by atoms with Gasteiger partial charge in [-0.05, 0) is 20.3 Å². The number of carbonyl (C=O) groups excluding carboxylic acids is 1. The lowest BCUT2D eigenvalue weighted by Crippen LogP contribution is -2.43. The van der Waals surface area contributed by atoms with Crippen molar-refractivity contribution in [2.24, 2.45) is 0 Å². The molecule has 1 unspecified atom stereocenters. The third-order valence-corrected chi connectivity index (χ3v) is 2.95. The van der Waals surface area contributed by atoms with Gasteiger partial charge in [0.25, 0.3) is 0 Å². The number of likely N-dealkylation sites (tertiary alicyclic amines) is 1. The Bertz CT molecular complexity index is 450. The van der Waals surface area contributed by atoms with Crippen LogP contribution < -0.4 is 10.1 Å². The van der Waals surface area contributed by atoms with Crippen LogP contribution in [0.3, 0.4) is 0 Å². The summed E-state index contributed by atoms with van der Waals surface area (Å²) < 4.78 is 5.53. The monoisotopic (exact) mass is 264 g/mol. The van der Waals surface area contributed by atoms with E-state index in [2.05, 4.69) is 15.3 Å². The SMILES string of the molecule is CC(C)Oc1ccnc(NC2CCC(=O)N(C)C2)n1. The quantitative estimate of drug-likeness (QED) is 0.887. The number of amides is 1. The van der Waals surface area contributed by atoms with Gasteiger partial charge in [-0.3, -0.25) is 4.79 Å². The van der Waals surface area contributed by atoms with Gasteiger partial charge in [0.2, 0.25) is 17.7 Å². The van der Waals surface area contributed by atoms with Gasteiger partial charge in [-0.15, -0.1) is 0 Å². The van der Waals surface area contributed by atoms with Crippen molar-refractivity contribution in [2.45, 2.75) is 38.8 Å². The molecular formula is C13H20N4O2. The fraction of sp³-hybridized carbons (Fsp3) is 0.615. The summed E-state index contributed by atoms with van der Waals surface area (Å²) in [4.78, 5) is 21.6. The van der Waals surface area contributed by atoms with Crippen molar-refractivity contribution in [3.63, 3.8) is 0 Å². The highest BCUT2D eigenvalue weighted by molar-refractivity contribution is 5.76. The van der Waals surface area contributed by atoms with Gasteiger partial charge in [0.05, 0.1) is 6.10 Å². The van der Waals surface area contributed by atoms with Crippen LogP contribution in [0.2, 0.25) is 0 Å². The van der Waals surface area contributed by atoms with E-state index in [-0.39, 0.29) is 18.1 Å². The number of likely N-dealkylation sites (N-methyl/N-ethyl adjacent to an activating group) is 1. The summed E-state index contributed by atoms with van der Waals surface area (Å²) in [7, 11) is 1.81. The van der Waals surface area contributed by atoms with E-state index in [9.17, 15) is 4.79 Å². The molecule has 1 aliphatic heterocycles. The zero-order valence-corrected chi connectivity index (χ0v) is 11.6. The molecule has 0 spiro atoms. The number of carbonyl (C=O) groups is 1. The summed E-state index contributed by atoms with van der Waals surface area (Å²) in [5.41, 5.74) is 0. The van der Waals surface area contributed by atoms with Crippen molar-refractivity contribution >= 4 is 11.9 Å².